The third kappa shape index (κ3) is 2.25. The van der Waals surface area contributed by atoms with Gasteiger partial charge >= 0.3 is 0 Å². The van der Waals surface area contributed by atoms with Crippen LogP contribution in [0.25, 0.3) is 0 Å². The fourth-order valence-electron chi connectivity index (χ4n) is 2.02. The van der Waals surface area contributed by atoms with Gasteiger partial charge in [-0.25, -0.2) is 4.72 Å². The van der Waals surface area contributed by atoms with E-state index in [1.54, 1.807) is 4.31 Å². The van der Waals surface area contributed by atoms with E-state index in [0.717, 1.165) is 25.8 Å². The van der Waals surface area contributed by atoms with Crippen molar-refractivity contribution in [1.29, 1.82) is 0 Å². The average molecular weight is 219 g/mol. The first-order valence-electron chi connectivity index (χ1n) is 5.16. The van der Waals surface area contributed by atoms with Gasteiger partial charge in [0, 0.05) is 25.7 Å². The largest absolute Gasteiger partial charge is 0.313 e. The molecule has 2 N–H and O–H groups in total. The second-order valence-corrected chi connectivity index (χ2v) is 5.66. The minimum absolute atomic E-state index is 0.352. The monoisotopic (exact) mass is 219 g/mol. The van der Waals surface area contributed by atoms with Crippen molar-refractivity contribution in [3.05, 3.63) is 0 Å². The summed E-state index contributed by atoms with van der Waals surface area (Å²) in [7, 11) is -3.17. The van der Waals surface area contributed by atoms with Gasteiger partial charge in [0.2, 0.25) is 0 Å². The van der Waals surface area contributed by atoms with Crippen LogP contribution < -0.4 is 10.0 Å². The Hall–Kier alpha value is -0.170. The lowest BCUT2D eigenvalue weighted by atomic mass is 10.2. The van der Waals surface area contributed by atoms with Gasteiger partial charge in [-0.1, -0.05) is 0 Å². The maximum atomic E-state index is 11.6. The molecule has 2 aliphatic heterocycles. The minimum atomic E-state index is -3.17. The normalized spacial score (nSPS) is 33.3. The van der Waals surface area contributed by atoms with E-state index in [0.29, 0.717) is 25.7 Å². The first kappa shape index (κ1) is 10.4. The SMILES string of the molecule is O=S1(=O)NCCCN1CC1CCCN1. The standard InChI is InChI=1S/C8H17N3O2S/c12-14(13)10-5-2-6-11(14)7-8-3-1-4-9-8/h8-10H,1-7H2. The highest BCUT2D eigenvalue weighted by Crippen LogP contribution is 2.11. The number of hydrogen-bond donors (Lipinski definition) is 2. The molecule has 0 aromatic carbocycles. The molecule has 0 spiro atoms. The Bertz CT molecular complexity index is 285. The van der Waals surface area contributed by atoms with E-state index in [4.69, 9.17) is 0 Å². The third-order valence-electron chi connectivity index (χ3n) is 2.80. The lowest BCUT2D eigenvalue weighted by Crippen LogP contribution is -2.50. The molecule has 0 bridgehead atoms. The molecule has 2 fully saturated rings. The van der Waals surface area contributed by atoms with Crippen LogP contribution in [0, 0.1) is 0 Å². The molecule has 0 aromatic heterocycles. The van der Waals surface area contributed by atoms with Crippen LogP contribution in [0.15, 0.2) is 0 Å². The van der Waals surface area contributed by atoms with E-state index in [-0.39, 0.29) is 0 Å². The van der Waals surface area contributed by atoms with Crippen LogP contribution in [0.1, 0.15) is 19.3 Å². The quantitative estimate of drug-likeness (QED) is 0.644. The van der Waals surface area contributed by atoms with Crippen molar-refractivity contribution in [2.45, 2.75) is 25.3 Å². The van der Waals surface area contributed by atoms with Gasteiger partial charge in [-0.2, -0.15) is 12.7 Å². The number of nitrogens with zero attached hydrogens (tertiary/aromatic N) is 1. The van der Waals surface area contributed by atoms with Crippen molar-refractivity contribution >= 4 is 10.2 Å². The molecule has 0 amide bonds. The Balaban J connectivity index is 1.94. The summed E-state index contributed by atoms with van der Waals surface area (Å²) in [4.78, 5) is 0. The molecular formula is C8H17N3O2S. The van der Waals surface area contributed by atoms with Crippen molar-refractivity contribution in [3.8, 4) is 0 Å². The van der Waals surface area contributed by atoms with Gasteiger partial charge in [-0.3, -0.25) is 0 Å². The van der Waals surface area contributed by atoms with Crippen molar-refractivity contribution in [2.75, 3.05) is 26.2 Å². The van der Waals surface area contributed by atoms with Crippen molar-refractivity contribution in [1.82, 2.24) is 14.3 Å². The van der Waals surface area contributed by atoms with Gasteiger partial charge in [-0.05, 0) is 25.8 Å². The zero-order valence-corrected chi connectivity index (χ0v) is 9.02. The second kappa shape index (κ2) is 4.14. The van der Waals surface area contributed by atoms with Crippen LogP contribution in [0.3, 0.4) is 0 Å². The van der Waals surface area contributed by atoms with Crippen LogP contribution >= 0.6 is 0 Å². The maximum absolute atomic E-state index is 11.6. The Morgan fingerprint density at radius 1 is 1.29 bits per heavy atom. The molecule has 5 nitrogen and oxygen atoms in total. The Labute approximate surface area is 85.0 Å². The molecule has 2 saturated heterocycles. The predicted molar refractivity (Wildman–Crippen MR) is 54.1 cm³/mol. The van der Waals surface area contributed by atoms with Crippen molar-refractivity contribution in [3.63, 3.8) is 0 Å². The molecule has 14 heavy (non-hydrogen) atoms. The lowest BCUT2D eigenvalue weighted by molar-refractivity contribution is 0.343. The molecule has 1 unspecified atom stereocenters. The molecule has 82 valence electrons. The fourth-order valence-corrected chi connectivity index (χ4v) is 3.35. The van der Waals surface area contributed by atoms with E-state index < -0.39 is 10.2 Å². The van der Waals surface area contributed by atoms with Crippen LogP contribution in [-0.4, -0.2) is 44.9 Å². The van der Waals surface area contributed by atoms with E-state index in [1.165, 1.54) is 0 Å². The van der Waals surface area contributed by atoms with E-state index in [2.05, 4.69) is 10.0 Å². The van der Waals surface area contributed by atoms with Gasteiger partial charge in [0.25, 0.3) is 10.2 Å². The first-order valence-corrected chi connectivity index (χ1v) is 6.60. The summed E-state index contributed by atoms with van der Waals surface area (Å²) in [6.45, 7) is 2.88. The highest BCUT2D eigenvalue weighted by molar-refractivity contribution is 7.87. The fraction of sp³-hybridized carbons (Fsp3) is 1.00. The van der Waals surface area contributed by atoms with E-state index in [1.807, 2.05) is 0 Å². The summed E-state index contributed by atoms with van der Waals surface area (Å²) in [6, 6.07) is 0.352. The first-order chi connectivity index (χ1) is 6.68. The zero-order chi connectivity index (χ0) is 10.0. The van der Waals surface area contributed by atoms with Crippen molar-refractivity contribution in [2.24, 2.45) is 0 Å². The summed E-state index contributed by atoms with van der Waals surface area (Å²) < 4.78 is 27.2. The van der Waals surface area contributed by atoms with E-state index in [9.17, 15) is 8.42 Å². The number of rotatable bonds is 2. The highest BCUT2D eigenvalue weighted by Gasteiger charge is 2.28. The Kier molecular flexibility index (Phi) is 3.06. The Morgan fingerprint density at radius 2 is 2.14 bits per heavy atom. The summed E-state index contributed by atoms with van der Waals surface area (Å²) in [5.74, 6) is 0. The number of hydrogen-bond acceptors (Lipinski definition) is 3. The summed E-state index contributed by atoms with van der Waals surface area (Å²) in [6.07, 6.45) is 3.16. The molecule has 0 aromatic rings. The summed E-state index contributed by atoms with van der Waals surface area (Å²) in [5.41, 5.74) is 0. The molecule has 0 saturated carbocycles. The summed E-state index contributed by atoms with van der Waals surface area (Å²) in [5, 5.41) is 3.31. The van der Waals surface area contributed by atoms with Gasteiger partial charge in [0.1, 0.15) is 0 Å². The Morgan fingerprint density at radius 3 is 2.79 bits per heavy atom. The molecule has 0 aliphatic carbocycles. The lowest BCUT2D eigenvalue weighted by Gasteiger charge is -2.28. The topological polar surface area (TPSA) is 61.4 Å². The van der Waals surface area contributed by atoms with Gasteiger partial charge in [0.15, 0.2) is 0 Å². The van der Waals surface area contributed by atoms with Crippen molar-refractivity contribution < 1.29 is 8.42 Å². The van der Waals surface area contributed by atoms with Crippen LogP contribution in [0.5, 0.6) is 0 Å². The van der Waals surface area contributed by atoms with Crippen LogP contribution in [0.4, 0.5) is 0 Å². The summed E-state index contributed by atoms with van der Waals surface area (Å²) >= 11 is 0. The predicted octanol–water partition coefficient (Wildman–Crippen LogP) is -0.721. The zero-order valence-electron chi connectivity index (χ0n) is 8.20. The second-order valence-electron chi connectivity index (χ2n) is 3.90. The van der Waals surface area contributed by atoms with Crippen LogP contribution in [-0.2, 0) is 10.2 Å². The minimum Gasteiger partial charge on any atom is -0.313 e. The highest BCUT2D eigenvalue weighted by atomic mass is 32.2. The average Bonchev–Trinajstić information content (AvgIpc) is 2.61. The smallest absolute Gasteiger partial charge is 0.279 e. The maximum Gasteiger partial charge on any atom is 0.279 e. The molecule has 2 aliphatic rings. The molecule has 1 atom stereocenters. The van der Waals surface area contributed by atoms with Gasteiger partial charge in [0.05, 0.1) is 0 Å². The molecular weight excluding hydrogens is 202 g/mol. The van der Waals surface area contributed by atoms with E-state index >= 15 is 0 Å². The number of nitrogens with one attached hydrogen (secondary N) is 2. The molecule has 2 heterocycles. The van der Waals surface area contributed by atoms with Crippen LogP contribution in [0.2, 0.25) is 0 Å². The van der Waals surface area contributed by atoms with Gasteiger partial charge in [-0.15, -0.1) is 0 Å². The molecule has 6 heteroatoms. The molecule has 0 radical (unpaired) electrons. The third-order valence-corrected chi connectivity index (χ3v) is 4.38. The van der Waals surface area contributed by atoms with Gasteiger partial charge < -0.3 is 5.32 Å². The molecule has 2 rings (SSSR count).